The van der Waals surface area contributed by atoms with Crippen molar-refractivity contribution in [3.63, 3.8) is 0 Å². The summed E-state index contributed by atoms with van der Waals surface area (Å²) in [5, 5.41) is 3.89. The molecule has 11 heteroatoms. The highest BCUT2D eigenvalue weighted by molar-refractivity contribution is 5.97. The molecule has 192 valence electrons. The van der Waals surface area contributed by atoms with E-state index in [1.54, 1.807) is 18.7 Å². The fraction of sp³-hybridized carbons (Fsp3) is 0.423. The molecule has 1 unspecified atom stereocenters. The largest absolute Gasteiger partial charge is 0.491 e. The van der Waals surface area contributed by atoms with Gasteiger partial charge in [-0.3, -0.25) is 9.69 Å². The van der Waals surface area contributed by atoms with Crippen LogP contribution < -0.4 is 15.0 Å². The number of hydrogen-bond acceptors (Lipinski definition) is 9. The first kappa shape index (κ1) is 23.6. The number of nitrogens with one attached hydrogen (secondary N) is 2. The summed E-state index contributed by atoms with van der Waals surface area (Å²) < 4.78 is 11.8. The molecule has 4 aromatic rings. The molecular weight excluding hydrogens is 472 g/mol. The predicted octanol–water partition coefficient (Wildman–Crippen LogP) is 2.01. The number of benzene rings is 1. The molecule has 0 bridgehead atoms. The zero-order valence-corrected chi connectivity index (χ0v) is 20.6. The number of morpholine rings is 1. The Morgan fingerprint density at radius 2 is 2.05 bits per heavy atom. The summed E-state index contributed by atoms with van der Waals surface area (Å²) >= 11 is 0. The zero-order chi connectivity index (χ0) is 25.0. The van der Waals surface area contributed by atoms with E-state index in [0.29, 0.717) is 30.2 Å². The molecule has 6 rings (SSSR count). The van der Waals surface area contributed by atoms with Gasteiger partial charge in [0.2, 0.25) is 0 Å². The molecule has 0 saturated carbocycles. The van der Waals surface area contributed by atoms with Crippen molar-refractivity contribution in [3.05, 3.63) is 48.7 Å². The number of rotatable bonds is 8. The summed E-state index contributed by atoms with van der Waals surface area (Å²) in [7, 11) is 0. The maximum absolute atomic E-state index is 13.0. The summed E-state index contributed by atoms with van der Waals surface area (Å²) in [5.74, 6) is 1.30. The van der Waals surface area contributed by atoms with Gasteiger partial charge in [-0.05, 0) is 25.0 Å². The SMILES string of the molecule is O=C(NCCN1CCOCC1)c1cc(OCC2CCCN2c2ncnc3nc[nH]c23)c2ccccc2n1. The van der Waals surface area contributed by atoms with E-state index in [1.807, 2.05) is 24.3 Å². The van der Waals surface area contributed by atoms with E-state index >= 15 is 0 Å². The number of aromatic nitrogens is 5. The Kier molecular flexibility index (Phi) is 6.78. The number of carbonyl (C=O) groups excluding carboxylic acids is 1. The molecule has 0 radical (unpaired) electrons. The van der Waals surface area contributed by atoms with Crippen LogP contribution in [-0.2, 0) is 4.74 Å². The maximum Gasteiger partial charge on any atom is 0.270 e. The molecule has 0 spiro atoms. The topological polar surface area (TPSA) is 121 Å². The van der Waals surface area contributed by atoms with E-state index in [-0.39, 0.29) is 11.9 Å². The van der Waals surface area contributed by atoms with Crippen molar-refractivity contribution in [2.24, 2.45) is 0 Å². The average Bonchev–Trinajstić information content (AvgIpc) is 3.62. The first-order chi connectivity index (χ1) is 18.3. The Balaban J connectivity index is 1.17. The molecule has 2 aliphatic rings. The molecule has 37 heavy (non-hydrogen) atoms. The Hall–Kier alpha value is -3.83. The van der Waals surface area contributed by atoms with Gasteiger partial charge in [-0.15, -0.1) is 0 Å². The van der Waals surface area contributed by atoms with Crippen LogP contribution in [0, 0.1) is 0 Å². The summed E-state index contributed by atoms with van der Waals surface area (Å²) in [5.41, 5.74) is 2.58. The van der Waals surface area contributed by atoms with Gasteiger partial charge in [-0.1, -0.05) is 12.1 Å². The molecule has 3 aromatic heterocycles. The number of ether oxygens (including phenoxy) is 2. The van der Waals surface area contributed by atoms with E-state index in [9.17, 15) is 4.79 Å². The number of anilines is 1. The third kappa shape index (κ3) is 5.05. The smallest absolute Gasteiger partial charge is 0.270 e. The van der Waals surface area contributed by atoms with Crippen molar-refractivity contribution < 1.29 is 14.3 Å². The minimum atomic E-state index is -0.200. The number of carbonyl (C=O) groups is 1. The van der Waals surface area contributed by atoms with Crippen LogP contribution in [0.25, 0.3) is 22.1 Å². The Morgan fingerprint density at radius 1 is 1.16 bits per heavy atom. The van der Waals surface area contributed by atoms with Crippen molar-refractivity contribution in [3.8, 4) is 5.75 Å². The lowest BCUT2D eigenvalue weighted by Gasteiger charge is -2.26. The van der Waals surface area contributed by atoms with Gasteiger partial charge in [0, 0.05) is 44.2 Å². The fourth-order valence-electron chi connectivity index (χ4n) is 5.07. The quantitative estimate of drug-likeness (QED) is 0.373. The van der Waals surface area contributed by atoms with Crippen molar-refractivity contribution in [1.82, 2.24) is 35.1 Å². The number of para-hydroxylation sites is 1. The van der Waals surface area contributed by atoms with Crippen molar-refractivity contribution in [1.29, 1.82) is 0 Å². The second-order valence-electron chi connectivity index (χ2n) is 9.33. The monoisotopic (exact) mass is 502 g/mol. The number of pyridine rings is 1. The van der Waals surface area contributed by atoms with Crippen molar-refractivity contribution in [2.45, 2.75) is 18.9 Å². The highest BCUT2D eigenvalue weighted by atomic mass is 16.5. The highest BCUT2D eigenvalue weighted by Gasteiger charge is 2.29. The Bertz CT molecular complexity index is 1390. The summed E-state index contributed by atoms with van der Waals surface area (Å²) in [4.78, 5) is 38.3. The van der Waals surface area contributed by atoms with Crippen LogP contribution >= 0.6 is 0 Å². The van der Waals surface area contributed by atoms with Crippen molar-refractivity contribution in [2.75, 3.05) is 57.4 Å². The number of imidazole rings is 1. The van der Waals surface area contributed by atoms with Gasteiger partial charge in [0.15, 0.2) is 11.5 Å². The number of amides is 1. The minimum absolute atomic E-state index is 0.138. The molecule has 1 aromatic carbocycles. The lowest BCUT2D eigenvalue weighted by atomic mass is 10.1. The van der Waals surface area contributed by atoms with E-state index in [1.165, 1.54) is 0 Å². The fourth-order valence-corrected chi connectivity index (χ4v) is 5.07. The molecule has 2 N–H and O–H groups in total. The van der Waals surface area contributed by atoms with Crippen molar-refractivity contribution >= 4 is 33.8 Å². The molecule has 2 saturated heterocycles. The summed E-state index contributed by atoms with van der Waals surface area (Å²) in [6.45, 7) is 5.95. The van der Waals surface area contributed by atoms with Crippen LogP contribution in [0.4, 0.5) is 5.82 Å². The minimum Gasteiger partial charge on any atom is -0.491 e. The molecule has 11 nitrogen and oxygen atoms in total. The lowest BCUT2D eigenvalue weighted by Crippen LogP contribution is -2.41. The van der Waals surface area contributed by atoms with E-state index in [0.717, 1.165) is 74.5 Å². The lowest BCUT2D eigenvalue weighted by molar-refractivity contribution is 0.0383. The number of hydrogen-bond donors (Lipinski definition) is 2. The normalized spacial score (nSPS) is 18.5. The van der Waals surface area contributed by atoms with Crippen LogP contribution in [0.2, 0.25) is 0 Å². The molecule has 5 heterocycles. The van der Waals surface area contributed by atoms with Crippen LogP contribution in [0.3, 0.4) is 0 Å². The Morgan fingerprint density at radius 3 is 2.97 bits per heavy atom. The zero-order valence-electron chi connectivity index (χ0n) is 20.6. The second-order valence-corrected chi connectivity index (χ2v) is 9.33. The standard InChI is InChI=1S/C26H30N8O3/c35-26(27-7-9-33-10-12-36-13-11-33)21-14-22(19-5-1-2-6-20(19)32-21)37-15-18-4-3-8-34(18)25-23-24(29-16-28-23)30-17-31-25/h1-2,5-6,14,16-18H,3-4,7-13,15H2,(H,27,35)(H,28,29,30,31). The first-order valence-electron chi connectivity index (χ1n) is 12.8. The van der Waals surface area contributed by atoms with Gasteiger partial charge in [0.1, 0.15) is 29.9 Å². The van der Waals surface area contributed by atoms with Gasteiger partial charge in [0.05, 0.1) is 31.1 Å². The highest BCUT2D eigenvalue weighted by Crippen LogP contribution is 2.30. The number of H-pyrrole nitrogens is 1. The van der Waals surface area contributed by atoms with Crippen LogP contribution in [0.15, 0.2) is 43.0 Å². The molecular formula is C26H30N8O3. The summed E-state index contributed by atoms with van der Waals surface area (Å²) in [6.07, 6.45) is 5.22. The third-order valence-electron chi connectivity index (χ3n) is 7.01. The van der Waals surface area contributed by atoms with Crippen LogP contribution in [-0.4, -0.2) is 94.3 Å². The number of fused-ring (bicyclic) bond motifs is 2. The van der Waals surface area contributed by atoms with Crippen LogP contribution in [0.1, 0.15) is 23.3 Å². The molecule has 2 aliphatic heterocycles. The molecule has 1 atom stereocenters. The van der Waals surface area contributed by atoms with E-state index in [2.05, 4.69) is 40.0 Å². The molecule has 1 amide bonds. The molecule has 2 fully saturated rings. The van der Waals surface area contributed by atoms with Gasteiger partial charge < -0.3 is 24.7 Å². The second kappa shape index (κ2) is 10.7. The maximum atomic E-state index is 13.0. The van der Waals surface area contributed by atoms with Crippen LogP contribution in [0.5, 0.6) is 5.75 Å². The number of nitrogens with zero attached hydrogens (tertiary/aromatic N) is 6. The predicted molar refractivity (Wildman–Crippen MR) is 139 cm³/mol. The van der Waals surface area contributed by atoms with Gasteiger partial charge in [-0.2, -0.15) is 0 Å². The van der Waals surface area contributed by atoms with E-state index < -0.39 is 0 Å². The van der Waals surface area contributed by atoms with Gasteiger partial charge >= 0.3 is 0 Å². The molecule has 0 aliphatic carbocycles. The Labute approximate surface area is 214 Å². The number of aromatic amines is 1. The third-order valence-corrected chi connectivity index (χ3v) is 7.01. The van der Waals surface area contributed by atoms with Gasteiger partial charge in [-0.25, -0.2) is 19.9 Å². The summed E-state index contributed by atoms with van der Waals surface area (Å²) in [6, 6.07) is 9.65. The van der Waals surface area contributed by atoms with E-state index in [4.69, 9.17) is 9.47 Å². The van der Waals surface area contributed by atoms with Gasteiger partial charge in [0.25, 0.3) is 5.91 Å². The first-order valence-corrected chi connectivity index (χ1v) is 12.8. The average molecular weight is 503 g/mol.